The molecule has 2 aromatic rings. The molecule has 0 amide bonds. The van der Waals surface area contributed by atoms with Crippen molar-refractivity contribution in [2.75, 3.05) is 0 Å². The fraction of sp³-hybridized carbons (Fsp3) is 0.286. The molecule has 1 aromatic heterocycles. The first-order valence-corrected chi connectivity index (χ1v) is 5.66. The highest BCUT2D eigenvalue weighted by molar-refractivity contribution is 5.60. The molecule has 88 valence electrons. The van der Waals surface area contributed by atoms with Gasteiger partial charge in [0.1, 0.15) is 12.1 Å². The Balaban J connectivity index is 2.49. The topological polar surface area (TPSA) is 25.8 Å². The molecular formula is C14H15FN2. The molecule has 0 spiro atoms. The smallest absolute Gasteiger partial charge is 0.124 e. The molecule has 0 aliphatic heterocycles. The van der Waals surface area contributed by atoms with Gasteiger partial charge in [-0.1, -0.05) is 13.8 Å². The highest BCUT2D eigenvalue weighted by atomic mass is 19.1. The first-order valence-electron chi connectivity index (χ1n) is 5.66. The van der Waals surface area contributed by atoms with Crippen LogP contribution in [0.25, 0.3) is 11.3 Å². The molecule has 0 unspecified atom stereocenters. The molecular weight excluding hydrogens is 215 g/mol. The molecule has 0 saturated heterocycles. The summed E-state index contributed by atoms with van der Waals surface area (Å²) in [5, 5.41) is 0. The van der Waals surface area contributed by atoms with Crippen LogP contribution in [0.5, 0.6) is 0 Å². The number of aryl methyl sites for hydroxylation is 1. The first kappa shape index (κ1) is 11.7. The van der Waals surface area contributed by atoms with Gasteiger partial charge in [-0.2, -0.15) is 0 Å². The summed E-state index contributed by atoms with van der Waals surface area (Å²) < 4.78 is 13.3. The molecule has 0 aliphatic rings. The Kier molecular flexibility index (Phi) is 3.18. The fourth-order valence-corrected chi connectivity index (χ4v) is 1.73. The van der Waals surface area contributed by atoms with Gasteiger partial charge in [0.15, 0.2) is 0 Å². The summed E-state index contributed by atoms with van der Waals surface area (Å²) >= 11 is 0. The van der Waals surface area contributed by atoms with Gasteiger partial charge in [0.2, 0.25) is 0 Å². The normalized spacial score (nSPS) is 10.9. The van der Waals surface area contributed by atoms with E-state index < -0.39 is 0 Å². The molecule has 2 nitrogen and oxygen atoms in total. The minimum atomic E-state index is -0.232. The number of aromatic nitrogens is 2. The van der Waals surface area contributed by atoms with Gasteiger partial charge in [-0.3, -0.25) is 0 Å². The lowest BCUT2D eigenvalue weighted by Gasteiger charge is -2.07. The average molecular weight is 230 g/mol. The number of halogens is 1. The van der Waals surface area contributed by atoms with E-state index in [1.165, 1.54) is 18.5 Å². The molecule has 3 heteroatoms. The van der Waals surface area contributed by atoms with Crippen LogP contribution in [0.1, 0.15) is 31.0 Å². The zero-order valence-corrected chi connectivity index (χ0v) is 10.2. The van der Waals surface area contributed by atoms with E-state index in [1.807, 2.05) is 19.1 Å². The van der Waals surface area contributed by atoms with E-state index in [9.17, 15) is 4.39 Å². The molecule has 0 saturated carbocycles. The second-order valence-corrected chi connectivity index (χ2v) is 4.50. The predicted molar refractivity (Wildman–Crippen MR) is 66.3 cm³/mol. The van der Waals surface area contributed by atoms with Crippen molar-refractivity contribution in [2.24, 2.45) is 0 Å². The lowest BCUT2D eigenvalue weighted by molar-refractivity contribution is 0.627. The van der Waals surface area contributed by atoms with E-state index in [2.05, 4.69) is 23.8 Å². The molecule has 0 N–H and O–H groups in total. The Morgan fingerprint density at radius 1 is 1.06 bits per heavy atom. The molecule has 17 heavy (non-hydrogen) atoms. The van der Waals surface area contributed by atoms with Gasteiger partial charge in [-0.05, 0) is 42.7 Å². The molecule has 0 atom stereocenters. The van der Waals surface area contributed by atoms with Crippen LogP contribution in [0.4, 0.5) is 4.39 Å². The third kappa shape index (κ3) is 2.67. The number of hydrogen-bond acceptors (Lipinski definition) is 2. The van der Waals surface area contributed by atoms with Crippen LogP contribution in [-0.4, -0.2) is 9.97 Å². The summed E-state index contributed by atoms with van der Waals surface area (Å²) in [7, 11) is 0. The van der Waals surface area contributed by atoms with Gasteiger partial charge in [0.05, 0.1) is 5.69 Å². The van der Waals surface area contributed by atoms with E-state index in [0.717, 1.165) is 22.5 Å². The summed E-state index contributed by atoms with van der Waals surface area (Å²) in [6.45, 7) is 6.02. The van der Waals surface area contributed by atoms with Gasteiger partial charge in [-0.15, -0.1) is 0 Å². The number of rotatable bonds is 2. The van der Waals surface area contributed by atoms with Crippen molar-refractivity contribution in [3.8, 4) is 11.3 Å². The Morgan fingerprint density at radius 2 is 1.82 bits per heavy atom. The number of nitrogens with zero attached hydrogens (tertiary/aromatic N) is 2. The van der Waals surface area contributed by atoms with Crippen molar-refractivity contribution in [1.29, 1.82) is 0 Å². The van der Waals surface area contributed by atoms with Gasteiger partial charge in [0, 0.05) is 11.3 Å². The largest absolute Gasteiger partial charge is 0.241 e. The number of hydrogen-bond donors (Lipinski definition) is 0. The third-order valence-electron chi connectivity index (χ3n) is 2.62. The second-order valence-electron chi connectivity index (χ2n) is 4.50. The van der Waals surface area contributed by atoms with Gasteiger partial charge >= 0.3 is 0 Å². The molecule has 1 aromatic carbocycles. The lowest BCUT2D eigenvalue weighted by atomic mass is 10.0. The first-order chi connectivity index (χ1) is 8.06. The lowest BCUT2D eigenvalue weighted by Crippen LogP contribution is -1.95. The summed E-state index contributed by atoms with van der Waals surface area (Å²) in [5.74, 6) is 0.108. The highest BCUT2D eigenvalue weighted by Gasteiger charge is 2.06. The predicted octanol–water partition coefficient (Wildman–Crippen LogP) is 3.71. The van der Waals surface area contributed by atoms with Crippen LogP contribution >= 0.6 is 0 Å². The summed E-state index contributed by atoms with van der Waals surface area (Å²) in [4.78, 5) is 8.40. The van der Waals surface area contributed by atoms with Gasteiger partial charge in [-0.25, -0.2) is 14.4 Å². The quantitative estimate of drug-likeness (QED) is 0.785. The van der Waals surface area contributed by atoms with Crippen LogP contribution < -0.4 is 0 Å². The molecule has 0 radical (unpaired) electrons. The monoisotopic (exact) mass is 230 g/mol. The molecule has 1 heterocycles. The highest BCUT2D eigenvalue weighted by Crippen LogP contribution is 2.22. The van der Waals surface area contributed by atoms with Crippen LogP contribution in [-0.2, 0) is 0 Å². The minimum Gasteiger partial charge on any atom is -0.241 e. The fourth-order valence-electron chi connectivity index (χ4n) is 1.73. The van der Waals surface area contributed by atoms with Crippen molar-refractivity contribution >= 4 is 0 Å². The van der Waals surface area contributed by atoms with Crippen molar-refractivity contribution in [1.82, 2.24) is 9.97 Å². The van der Waals surface area contributed by atoms with Crippen molar-refractivity contribution in [3.05, 3.63) is 47.7 Å². The second kappa shape index (κ2) is 4.62. The standard InChI is InChI=1S/C14H15FN2/c1-9(2)13-7-14(17-8-16-13)11-4-10(3)5-12(15)6-11/h4-9H,1-3H3. The van der Waals surface area contributed by atoms with Crippen molar-refractivity contribution in [3.63, 3.8) is 0 Å². The van der Waals surface area contributed by atoms with E-state index >= 15 is 0 Å². The SMILES string of the molecule is Cc1cc(F)cc(-c2cc(C(C)C)ncn2)c1. The van der Waals surface area contributed by atoms with E-state index in [0.29, 0.717) is 5.92 Å². The maximum absolute atomic E-state index is 13.3. The van der Waals surface area contributed by atoms with Gasteiger partial charge in [0.25, 0.3) is 0 Å². The molecule has 0 bridgehead atoms. The van der Waals surface area contributed by atoms with E-state index in [4.69, 9.17) is 0 Å². The number of benzene rings is 1. The summed E-state index contributed by atoms with van der Waals surface area (Å²) in [5.41, 5.74) is 3.43. The summed E-state index contributed by atoms with van der Waals surface area (Å²) in [6, 6.07) is 6.85. The third-order valence-corrected chi connectivity index (χ3v) is 2.62. The van der Waals surface area contributed by atoms with Crippen molar-refractivity contribution < 1.29 is 4.39 Å². The van der Waals surface area contributed by atoms with Crippen LogP contribution in [0.2, 0.25) is 0 Å². The van der Waals surface area contributed by atoms with E-state index in [-0.39, 0.29) is 5.82 Å². The minimum absolute atomic E-state index is 0.232. The Morgan fingerprint density at radius 3 is 2.47 bits per heavy atom. The van der Waals surface area contributed by atoms with Crippen LogP contribution in [0.3, 0.4) is 0 Å². The molecule has 2 rings (SSSR count). The Hall–Kier alpha value is -1.77. The maximum atomic E-state index is 13.3. The van der Waals surface area contributed by atoms with Crippen molar-refractivity contribution in [2.45, 2.75) is 26.7 Å². The summed E-state index contributed by atoms with van der Waals surface area (Å²) in [6.07, 6.45) is 1.53. The molecule has 0 aliphatic carbocycles. The van der Waals surface area contributed by atoms with Crippen LogP contribution in [0.15, 0.2) is 30.6 Å². The van der Waals surface area contributed by atoms with Gasteiger partial charge < -0.3 is 0 Å². The average Bonchev–Trinajstić information content (AvgIpc) is 2.28. The Bertz CT molecular complexity index is 515. The zero-order valence-electron chi connectivity index (χ0n) is 10.2. The van der Waals surface area contributed by atoms with E-state index in [1.54, 1.807) is 0 Å². The zero-order chi connectivity index (χ0) is 12.4. The molecule has 0 fully saturated rings. The maximum Gasteiger partial charge on any atom is 0.124 e. The van der Waals surface area contributed by atoms with Crippen LogP contribution in [0, 0.1) is 12.7 Å². The Labute approximate surface area is 101 Å².